The molecule has 1 heterocycles. The van der Waals surface area contributed by atoms with Gasteiger partial charge in [-0.2, -0.15) is 15.4 Å². The van der Waals surface area contributed by atoms with Gasteiger partial charge in [-0.05, 0) is 0 Å². The summed E-state index contributed by atoms with van der Waals surface area (Å²) in [6, 6.07) is 0. The van der Waals surface area contributed by atoms with E-state index in [1.807, 2.05) is 12.2 Å². The fourth-order valence-corrected chi connectivity index (χ4v) is 1.10. The van der Waals surface area contributed by atoms with E-state index >= 15 is 0 Å². The van der Waals surface area contributed by atoms with Crippen molar-refractivity contribution in [1.29, 1.82) is 0 Å². The smallest absolute Gasteiger partial charge is 0.0964 e. The van der Waals surface area contributed by atoms with E-state index in [0.29, 0.717) is 0 Å². The predicted octanol–water partition coefficient (Wildman–Crippen LogP) is 0.979. The number of nitrogens with one attached hydrogen (secondary N) is 1. The standard InChI is InChI=1S/C9H14N4/c1-3-5-13(6-4-2)8-9-7-10-12-11-9/h3-4,7H,1-2,5-6,8H2,(H,10,11,12). The maximum atomic E-state index is 3.97. The summed E-state index contributed by atoms with van der Waals surface area (Å²) in [7, 11) is 0. The van der Waals surface area contributed by atoms with Crippen molar-refractivity contribution in [3.63, 3.8) is 0 Å². The van der Waals surface area contributed by atoms with Gasteiger partial charge in [-0.1, -0.05) is 12.2 Å². The molecule has 0 aromatic carbocycles. The predicted molar refractivity (Wildman–Crippen MR) is 52.1 cm³/mol. The number of aromatic nitrogens is 3. The van der Waals surface area contributed by atoms with Crippen molar-refractivity contribution in [3.05, 3.63) is 37.2 Å². The Morgan fingerprint density at radius 2 is 2.08 bits per heavy atom. The summed E-state index contributed by atoms with van der Waals surface area (Å²) < 4.78 is 0. The van der Waals surface area contributed by atoms with Crippen molar-refractivity contribution in [3.8, 4) is 0 Å². The van der Waals surface area contributed by atoms with E-state index in [9.17, 15) is 0 Å². The molecule has 0 saturated carbocycles. The van der Waals surface area contributed by atoms with Gasteiger partial charge in [0.25, 0.3) is 0 Å². The quantitative estimate of drug-likeness (QED) is 0.660. The zero-order valence-corrected chi connectivity index (χ0v) is 7.61. The first kappa shape index (κ1) is 9.67. The summed E-state index contributed by atoms with van der Waals surface area (Å²) in [5.41, 5.74) is 0.934. The van der Waals surface area contributed by atoms with E-state index in [2.05, 4.69) is 33.5 Å². The van der Waals surface area contributed by atoms with E-state index in [0.717, 1.165) is 25.3 Å². The van der Waals surface area contributed by atoms with E-state index in [4.69, 9.17) is 0 Å². The van der Waals surface area contributed by atoms with Gasteiger partial charge in [-0.3, -0.25) is 4.90 Å². The molecule has 0 amide bonds. The molecule has 70 valence electrons. The SMILES string of the molecule is C=CCN(CC=C)Cc1cn[nH]n1. The molecule has 1 rings (SSSR count). The van der Waals surface area contributed by atoms with Crippen LogP contribution >= 0.6 is 0 Å². The highest BCUT2D eigenvalue weighted by molar-refractivity contribution is 4.92. The van der Waals surface area contributed by atoms with Crippen molar-refractivity contribution in [2.24, 2.45) is 0 Å². The van der Waals surface area contributed by atoms with Gasteiger partial charge < -0.3 is 0 Å². The van der Waals surface area contributed by atoms with Crippen molar-refractivity contribution in [2.75, 3.05) is 13.1 Å². The molecule has 0 fully saturated rings. The number of aromatic amines is 1. The van der Waals surface area contributed by atoms with Crippen LogP contribution in [-0.2, 0) is 6.54 Å². The molecular formula is C9H14N4. The van der Waals surface area contributed by atoms with Crippen LogP contribution in [0.4, 0.5) is 0 Å². The summed E-state index contributed by atoms with van der Waals surface area (Å²) in [6.45, 7) is 9.82. The molecule has 0 radical (unpaired) electrons. The lowest BCUT2D eigenvalue weighted by Crippen LogP contribution is -2.23. The molecule has 0 aliphatic heterocycles. The Morgan fingerprint density at radius 1 is 1.38 bits per heavy atom. The van der Waals surface area contributed by atoms with Crippen LogP contribution in [0.2, 0.25) is 0 Å². The molecule has 4 nitrogen and oxygen atoms in total. The second-order valence-corrected chi connectivity index (χ2v) is 2.73. The maximum Gasteiger partial charge on any atom is 0.0964 e. The first-order valence-electron chi connectivity index (χ1n) is 4.15. The number of H-pyrrole nitrogens is 1. The zero-order chi connectivity index (χ0) is 9.52. The van der Waals surface area contributed by atoms with Crippen molar-refractivity contribution >= 4 is 0 Å². The minimum absolute atomic E-state index is 0.772. The minimum atomic E-state index is 0.772. The second-order valence-electron chi connectivity index (χ2n) is 2.73. The molecule has 0 saturated heterocycles. The third-order valence-corrected chi connectivity index (χ3v) is 1.63. The monoisotopic (exact) mass is 178 g/mol. The molecule has 1 aromatic heterocycles. The van der Waals surface area contributed by atoms with Crippen LogP contribution in [0, 0.1) is 0 Å². The van der Waals surface area contributed by atoms with Gasteiger partial charge in [0, 0.05) is 19.6 Å². The molecule has 0 atom stereocenters. The van der Waals surface area contributed by atoms with Crippen LogP contribution in [-0.4, -0.2) is 33.4 Å². The average Bonchev–Trinajstić information content (AvgIpc) is 2.58. The lowest BCUT2D eigenvalue weighted by molar-refractivity contribution is 0.323. The maximum absolute atomic E-state index is 3.97. The second kappa shape index (κ2) is 5.27. The van der Waals surface area contributed by atoms with Gasteiger partial charge in [-0.15, -0.1) is 13.2 Å². The summed E-state index contributed by atoms with van der Waals surface area (Å²) in [5, 5.41) is 10.3. The highest BCUT2D eigenvalue weighted by Gasteiger charge is 2.03. The van der Waals surface area contributed by atoms with E-state index in [1.54, 1.807) is 6.20 Å². The summed E-state index contributed by atoms with van der Waals surface area (Å²) in [4.78, 5) is 2.16. The number of hydrogen-bond acceptors (Lipinski definition) is 3. The summed E-state index contributed by atoms with van der Waals surface area (Å²) in [6.07, 6.45) is 5.45. The van der Waals surface area contributed by atoms with Crippen molar-refractivity contribution < 1.29 is 0 Å². The van der Waals surface area contributed by atoms with Crippen LogP contribution in [0.1, 0.15) is 5.69 Å². The molecule has 1 N–H and O–H groups in total. The number of hydrogen-bond donors (Lipinski definition) is 1. The Hall–Kier alpha value is -1.42. The van der Waals surface area contributed by atoms with Crippen LogP contribution in [0.5, 0.6) is 0 Å². The Balaban J connectivity index is 2.46. The first-order valence-corrected chi connectivity index (χ1v) is 4.15. The van der Waals surface area contributed by atoms with E-state index in [1.165, 1.54) is 0 Å². The van der Waals surface area contributed by atoms with E-state index in [-0.39, 0.29) is 0 Å². The van der Waals surface area contributed by atoms with Gasteiger partial charge >= 0.3 is 0 Å². The molecule has 13 heavy (non-hydrogen) atoms. The van der Waals surface area contributed by atoms with Gasteiger partial charge in [0.2, 0.25) is 0 Å². The van der Waals surface area contributed by atoms with Gasteiger partial charge in [0.1, 0.15) is 0 Å². The zero-order valence-electron chi connectivity index (χ0n) is 7.61. The third-order valence-electron chi connectivity index (χ3n) is 1.63. The molecular weight excluding hydrogens is 164 g/mol. The third kappa shape index (κ3) is 3.21. The van der Waals surface area contributed by atoms with Crippen LogP contribution in [0.25, 0.3) is 0 Å². The van der Waals surface area contributed by atoms with Crippen LogP contribution in [0.15, 0.2) is 31.5 Å². The lowest BCUT2D eigenvalue weighted by atomic mass is 10.4. The molecule has 4 heteroatoms. The molecule has 0 aliphatic carbocycles. The van der Waals surface area contributed by atoms with Crippen molar-refractivity contribution in [1.82, 2.24) is 20.3 Å². The van der Waals surface area contributed by atoms with Crippen LogP contribution < -0.4 is 0 Å². The fourth-order valence-electron chi connectivity index (χ4n) is 1.10. The normalized spacial score (nSPS) is 10.2. The Kier molecular flexibility index (Phi) is 3.92. The van der Waals surface area contributed by atoms with Gasteiger partial charge in [0.05, 0.1) is 11.9 Å². The van der Waals surface area contributed by atoms with Crippen LogP contribution in [0.3, 0.4) is 0 Å². The highest BCUT2D eigenvalue weighted by Crippen LogP contribution is 1.98. The number of rotatable bonds is 6. The van der Waals surface area contributed by atoms with E-state index < -0.39 is 0 Å². The highest BCUT2D eigenvalue weighted by atomic mass is 15.3. The molecule has 0 aliphatic rings. The Morgan fingerprint density at radius 3 is 2.54 bits per heavy atom. The molecule has 1 aromatic rings. The largest absolute Gasteiger partial charge is 0.290 e. The topological polar surface area (TPSA) is 44.8 Å². The molecule has 0 unspecified atom stereocenters. The Bertz CT molecular complexity index is 243. The number of nitrogens with zero attached hydrogens (tertiary/aromatic N) is 3. The summed E-state index contributed by atoms with van der Waals surface area (Å²) >= 11 is 0. The first-order chi connectivity index (χ1) is 6.36. The van der Waals surface area contributed by atoms with Crippen molar-refractivity contribution in [2.45, 2.75) is 6.54 Å². The summed E-state index contributed by atoms with van der Waals surface area (Å²) in [5.74, 6) is 0. The molecule has 0 bridgehead atoms. The minimum Gasteiger partial charge on any atom is -0.290 e. The molecule has 0 spiro atoms. The fraction of sp³-hybridized carbons (Fsp3) is 0.333. The van der Waals surface area contributed by atoms with Gasteiger partial charge in [-0.25, -0.2) is 0 Å². The average molecular weight is 178 g/mol. The van der Waals surface area contributed by atoms with Gasteiger partial charge in [0.15, 0.2) is 0 Å². The Labute approximate surface area is 78.0 Å². The lowest BCUT2D eigenvalue weighted by Gasteiger charge is -2.16.